The Morgan fingerprint density at radius 3 is 2.47 bits per heavy atom. The maximum atomic E-state index is 15.6. The summed E-state index contributed by atoms with van der Waals surface area (Å²) in [6, 6.07) is 8.79. The molecule has 2 aliphatic rings. The van der Waals surface area contributed by atoms with Gasteiger partial charge in [0.2, 0.25) is 5.82 Å². The van der Waals surface area contributed by atoms with Crippen LogP contribution in [0.1, 0.15) is 54.8 Å². The number of hydrogen-bond acceptors (Lipinski definition) is 5. The Labute approximate surface area is 207 Å². The molecule has 3 atom stereocenters. The quantitative estimate of drug-likeness (QED) is 0.386. The first-order valence-corrected chi connectivity index (χ1v) is 12.1. The molecule has 0 radical (unpaired) electrons. The molecule has 3 unspecified atom stereocenters. The van der Waals surface area contributed by atoms with Crippen LogP contribution < -0.4 is 10.2 Å². The second kappa shape index (κ2) is 9.87. The molecule has 5 rings (SSSR count). The molecule has 3 heterocycles. The van der Waals surface area contributed by atoms with Gasteiger partial charge in [-0.3, -0.25) is 4.98 Å². The van der Waals surface area contributed by atoms with Crippen molar-refractivity contribution >= 4 is 17.2 Å². The van der Waals surface area contributed by atoms with E-state index in [2.05, 4.69) is 26.8 Å². The van der Waals surface area contributed by atoms with E-state index in [1.807, 2.05) is 17.0 Å². The molecule has 36 heavy (non-hydrogen) atoms. The van der Waals surface area contributed by atoms with E-state index in [0.717, 1.165) is 49.0 Å². The zero-order chi connectivity index (χ0) is 25.3. The van der Waals surface area contributed by atoms with Crippen LogP contribution in [0, 0.1) is 11.7 Å². The first-order valence-electron chi connectivity index (χ1n) is 12.1. The van der Waals surface area contributed by atoms with Gasteiger partial charge in [-0.05, 0) is 79.0 Å². The molecule has 5 nitrogen and oxygen atoms in total. The number of aromatic nitrogens is 3. The second-order valence-corrected chi connectivity index (χ2v) is 9.44. The number of rotatable bonds is 6. The summed E-state index contributed by atoms with van der Waals surface area (Å²) in [7, 11) is 0. The maximum Gasteiger partial charge on any atom is 0.416 e. The van der Waals surface area contributed by atoms with Gasteiger partial charge < -0.3 is 10.2 Å². The zero-order valence-corrected chi connectivity index (χ0v) is 19.7. The molecule has 1 aliphatic carbocycles. The van der Waals surface area contributed by atoms with E-state index in [0.29, 0.717) is 18.5 Å². The van der Waals surface area contributed by atoms with Crippen molar-refractivity contribution in [3.63, 3.8) is 0 Å². The van der Waals surface area contributed by atoms with Crippen molar-refractivity contribution in [2.75, 3.05) is 16.8 Å². The molecule has 9 heteroatoms. The average Bonchev–Trinajstić information content (AvgIpc) is 3.55. The van der Waals surface area contributed by atoms with Gasteiger partial charge in [-0.1, -0.05) is 18.7 Å². The van der Waals surface area contributed by atoms with Gasteiger partial charge >= 0.3 is 6.18 Å². The Morgan fingerprint density at radius 1 is 1.00 bits per heavy atom. The lowest BCUT2D eigenvalue weighted by Crippen LogP contribution is -2.26. The monoisotopic (exact) mass is 497 g/mol. The van der Waals surface area contributed by atoms with Crippen LogP contribution in [0.15, 0.2) is 61.7 Å². The van der Waals surface area contributed by atoms with Crippen molar-refractivity contribution in [1.29, 1.82) is 0 Å². The standard InChI is InChI=1S/C27H27F4N5/c1-17(18-10-12-32-13-11-18)20-6-9-22(15-20)35-25-24(28)26(34-16-33-25)36-14-2-3-23(36)19-4-7-21(8-5-19)27(29,30)31/h4-5,7-8,10-13,16,20,22-23H,1-3,6,9,14-15H2,(H,33,34,35). The molecule has 188 valence electrons. The van der Waals surface area contributed by atoms with Crippen molar-refractivity contribution in [2.24, 2.45) is 5.92 Å². The SMILES string of the molecule is C=C(c1ccncc1)C1CCC(Nc2ncnc(N3CCCC3c3ccc(C(F)(F)F)cc3)c2F)C1. The van der Waals surface area contributed by atoms with E-state index in [-0.39, 0.29) is 29.6 Å². The number of nitrogens with zero attached hydrogens (tertiary/aromatic N) is 4. The molecule has 1 saturated carbocycles. The van der Waals surface area contributed by atoms with Gasteiger partial charge in [-0.2, -0.15) is 17.6 Å². The molecule has 0 spiro atoms. The molecular formula is C27H27F4N5. The molecule has 1 aromatic carbocycles. The summed E-state index contributed by atoms with van der Waals surface area (Å²) in [5.41, 5.74) is 2.13. The first kappa shape index (κ1) is 24.2. The highest BCUT2D eigenvalue weighted by Crippen LogP contribution is 2.40. The number of hydrogen-bond donors (Lipinski definition) is 1. The number of nitrogens with one attached hydrogen (secondary N) is 1. The van der Waals surface area contributed by atoms with Gasteiger partial charge in [0.25, 0.3) is 0 Å². The van der Waals surface area contributed by atoms with Gasteiger partial charge in [0.1, 0.15) is 6.33 Å². The molecule has 2 aromatic heterocycles. The van der Waals surface area contributed by atoms with Crippen molar-refractivity contribution < 1.29 is 17.6 Å². The molecule has 1 aliphatic heterocycles. The summed E-state index contributed by atoms with van der Waals surface area (Å²) < 4.78 is 54.5. The fourth-order valence-electron chi connectivity index (χ4n) is 5.35. The molecule has 3 aromatic rings. The van der Waals surface area contributed by atoms with Crippen LogP contribution in [0.4, 0.5) is 29.2 Å². The lowest BCUT2D eigenvalue weighted by atomic mass is 9.93. The Balaban J connectivity index is 1.30. The van der Waals surface area contributed by atoms with E-state index in [4.69, 9.17) is 0 Å². The summed E-state index contributed by atoms with van der Waals surface area (Å²) in [5.74, 6) is 0.0773. The predicted molar refractivity (Wildman–Crippen MR) is 131 cm³/mol. The van der Waals surface area contributed by atoms with E-state index in [9.17, 15) is 13.2 Å². The molecule has 0 amide bonds. The van der Waals surface area contributed by atoms with Crippen molar-refractivity contribution in [2.45, 2.75) is 50.4 Å². The van der Waals surface area contributed by atoms with Gasteiger partial charge in [-0.25, -0.2) is 9.97 Å². The van der Waals surface area contributed by atoms with Crippen LogP contribution in [0.2, 0.25) is 0 Å². The largest absolute Gasteiger partial charge is 0.416 e. The minimum atomic E-state index is -4.39. The summed E-state index contributed by atoms with van der Waals surface area (Å²) in [5, 5.41) is 3.26. The number of halogens is 4. The van der Waals surface area contributed by atoms with Crippen LogP contribution >= 0.6 is 0 Å². The molecule has 0 bridgehead atoms. The van der Waals surface area contributed by atoms with Gasteiger partial charge in [0.05, 0.1) is 11.6 Å². The third-order valence-electron chi connectivity index (χ3n) is 7.24. The molecule has 2 fully saturated rings. The van der Waals surface area contributed by atoms with Crippen molar-refractivity contribution in [1.82, 2.24) is 15.0 Å². The van der Waals surface area contributed by atoms with Crippen molar-refractivity contribution in [3.8, 4) is 0 Å². The van der Waals surface area contributed by atoms with Crippen LogP contribution in [-0.4, -0.2) is 27.5 Å². The van der Waals surface area contributed by atoms with E-state index >= 15 is 4.39 Å². The van der Waals surface area contributed by atoms with Crippen LogP contribution in [0.25, 0.3) is 5.57 Å². The molecule has 1 N–H and O–H groups in total. The Bertz CT molecular complexity index is 1210. The molecular weight excluding hydrogens is 470 g/mol. The van der Waals surface area contributed by atoms with Crippen LogP contribution in [0.3, 0.4) is 0 Å². The highest BCUT2D eigenvalue weighted by Gasteiger charge is 2.34. The number of anilines is 2. The fourth-order valence-corrected chi connectivity index (χ4v) is 5.35. The normalized spacial score (nSPS) is 22.1. The minimum absolute atomic E-state index is 0.0510. The van der Waals surface area contributed by atoms with E-state index in [1.54, 1.807) is 12.4 Å². The van der Waals surface area contributed by atoms with Crippen molar-refractivity contribution in [3.05, 3.63) is 84.2 Å². The first-order chi connectivity index (χ1) is 17.3. The number of pyridine rings is 1. The molecule has 1 saturated heterocycles. The fraction of sp³-hybridized carbons (Fsp3) is 0.370. The number of benzene rings is 1. The smallest absolute Gasteiger partial charge is 0.365 e. The van der Waals surface area contributed by atoms with Crippen LogP contribution in [-0.2, 0) is 6.18 Å². The second-order valence-electron chi connectivity index (χ2n) is 9.44. The topological polar surface area (TPSA) is 53.9 Å². The van der Waals surface area contributed by atoms with Crippen LogP contribution in [0.5, 0.6) is 0 Å². The highest BCUT2D eigenvalue weighted by atomic mass is 19.4. The Morgan fingerprint density at radius 2 is 1.75 bits per heavy atom. The number of allylic oxidation sites excluding steroid dienone is 1. The minimum Gasteiger partial charge on any atom is -0.365 e. The third-order valence-corrected chi connectivity index (χ3v) is 7.24. The average molecular weight is 498 g/mol. The summed E-state index contributed by atoms with van der Waals surface area (Å²) in [6.07, 6.45) is 4.57. The van der Waals surface area contributed by atoms with Gasteiger partial charge in [-0.15, -0.1) is 0 Å². The van der Waals surface area contributed by atoms with Gasteiger partial charge in [0.15, 0.2) is 11.6 Å². The van der Waals surface area contributed by atoms with E-state index in [1.165, 1.54) is 18.5 Å². The zero-order valence-electron chi connectivity index (χ0n) is 19.7. The Hall–Kier alpha value is -3.49. The third kappa shape index (κ3) is 4.92. The van der Waals surface area contributed by atoms with Gasteiger partial charge in [0, 0.05) is 25.0 Å². The lowest BCUT2D eigenvalue weighted by Gasteiger charge is -2.27. The maximum absolute atomic E-state index is 15.6. The lowest BCUT2D eigenvalue weighted by molar-refractivity contribution is -0.137. The summed E-state index contributed by atoms with van der Waals surface area (Å²) in [4.78, 5) is 14.3. The Kier molecular flexibility index (Phi) is 6.64. The summed E-state index contributed by atoms with van der Waals surface area (Å²) in [6.45, 7) is 4.83. The predicted octanol–water partition coefficient (Wildman–Crippen LogP) is 6.67. The number of alkyl halides is 3. The highest BCUT2D eigenvalue weighted by molar-refractivity contribution is 5.65. The van der Waals surface area contributed by atoms with E-state index < -0.39 is 17.6 Å². The summed E-state index contributed by atoms with van der Waals surface area (Å²) >= 11 is 0.